The van der Waals surface area contributed by atoms with Crippen LogP contribution in [0.1, 0.15) is 31.9 Å². The van der Waals surface area contributed by atoms with Gasteiger partial charge in [-0.05, 0) is 25.3 Å². The third-order valence-electron chi connectivity index (χ3n) is 2.94. The van der Waals surface area contributed by atoms with Gasteiger partial charge in [-0.15, -0.1) is 0 Å². The third kappa shape index (κ3) is 6.04. The van der Waals surface area contributed by atoms with Crippen LogP contribution in [0, 0.1) is 12.8 Å². The molecule has 0 aliphatic carbocycles. The number of amides is 1. The molecule has 1 aromatic carbocycles. The van der Waals surface area contributed by atoms with E-state index in [4.69, 9.17) is 4.84 Å². The second-order valence-corrected chi connectivity index (χ2v) is 5.02. The Bertz CT molecular complexity index is 424. The Morgan fingerprint density at radius 3 is 2.53 bits per heavy atom. The molecule has 1 amide bonds. The number of rotatable bonds is 6. The zero-order chi connectivity index (χ0) is 14.3. The van der Waals surface area contributed by atoms with Crippen LogP contribution in [0.4, 0.5) is 0 Å². The maximum absolute atomic E-state index is 11.5. The van der Waals surface area contributed by atoms with Crippen LogP contribution >= 0.6 is 0 Å². The fraction of sp³-hybridized carbons (Fsp3) is 0.467. The van der Waals surface area contributed by atoms with Gasteiger partial charge in [-0.3, -0.25) is 4.79 Å². The molecule has 0 saturated carbocycles. The lowest BCUT2D eigenvalue weighted by molar-refractivity contribution is -0.126. The van der Waals surface area contributed by atoms with Crippen LogP contribution < -0.4 is 5.32 Å². The Balaban J connectivity index is 2.30. The maximum atomic E-state index is 11.5. The van der Waals surface area contributed by atoms with Crippen molar-refractivity contribution < 1.29 is 9.63 Å². The minimum atomic E-state index is -0.151. The standard InChI is InChI=1S/C15H22N2O2/c1-11(2)13(4)17-15(18)10-19-16-9-14-7-5-12(3)6-8-14/h5-9,11,13H,10H2,1-4H3,(H,17,18)/b16-9-/t13-/m1/s1. The first-order chi connectivity index (χ1) is 8.99. The number of hydrogen-bond acceptors (Lipinski definition) is 3. The molecule has 0 heterocycles. The van der Waals surface area contributed by atoms with Crippen molar-refractivity contribution in [1.82, 2.24) is 5.32 Å². The van der Waals surface area contributed by atoms with Crippen molar-refractivity contribution in [3.63, 3.8) is 0 Å². The van der Waals surface area contributed by atoms with E-state index in [9.17, 15) is 4.79 Å². The Morgan fingerprint density at radius 2 is 1.95 bits per heavy atom. The van der Waals surface area contributed by atoms with Gasteiger partial charge in [-0.2, -0.15) is 0 Å². The summed E-state index contributed by atoms with van der Waals surface area (Å²) in [7, 11) is 0. The number of nitrogens with one attached hydrogen (secondary N) is 1. The van der Waals surface area contributed by atoms with Crippen molar-refractivity contribution in [2.45, 2.75) is 33.7 Å². The lowest BCUT2D eigenvalue weighted by atomic mass is 10.1. The van der Waals surface area contributed by atoms with Crippen LogP contribution in [-0.2, 0) is 9.63 Å². The lowest BCUT2D eigenvalue weighted by Crippen LogP contribution is -2.38. The average Bonchev–Trinajstić information content (AvgIpc) is 2.36. The van der Waals surface area contributed by atoms with E-state index < -0.39 is 0 Å². The molecule has 0 spiro atoms. The molecule has 4 nitrogen and oxygen atoms in total. The number of nitrogens with zero attached hydrogens (tertiary/aromatic N) is 1. The van der Waals surface area contributed by atoms with Crippen LogP contribution in [0.5, 0.6) is 0 Å². The molecule has 0 unspecified atom stereocenters. The molecule has 0 fully saturated rings. The van der Waals surface area contributed by atoms with Crippen molar-refractivity contribution in [3.05, 3.63) is 35.4 Å². The van der Waals surface area contributed by atoms with Gasteiger partial charge in [-0.1, -0.05) is 48.8 Å². The summed E-state index contributed by atoms with van der Waals surface area (Å²) in [5.41, 5.74) is 2.14. The number of carbonyl (C=O) groups is 1. The SMILES string of the molecule is Cc1ccc(/C=N\OCC(=O)N[C@H](C)C(C)C)cc1. The van der Waals surface area contributed by atoms with E-state index in [2.05, 4.69) is 24.3 Å². The first kappa shape index (κ1) is 15.2. The number of benzene rings is 1. The molecule has 1 atom stereocenters. The largest absolute Gasteiger partial charge is 0.386 e. The quantitative estimate of drug-likeness (QED) is 0.632. The molecule has 0 bridgehead atoms. The maximum Gasteiger partial charge on any atom is 0.260 e. The first-order valence-corrected chi connectivity index (χ1v) is 6.50. The molecule has 0 aliphatic rings. The average molecular weight is 262 g/mol. The fourth-order valence-corrected chi connectivity index (χ4v) is 1.31. The van der Waals surface area contributed by atoms with Gasteiger partial charge in [0.05, 0.1) is 6.21 Å². The van der Waals surface area contributed by atoms with Gasteiger partial charge in [0, 0.05) is 6.04 Å². The Morgan fingerprint density at radius 1 is 1.32 bits per heavy atom. The molecule has 1 aromatic rings. The minimum Gasteiger partial charge on any atom is -0.386 e. The summed E-state index contributed by atoms with van der Waals surface area (Å²) in [6.07, 6.45) is 1.60. The second-order valence-electron chi connectivity index (χ2n) is 5.02. The van der Waals surface area contributed by atoms with E-state index in [1.165, 1.54) is 5.56 Å². The molecule has 0 aliphatic heterocycles. The molecular formula is C15H22N2O2. The van der Waals surface area contributed by atoms with E-state index in [-0.39, 0.29) is 18.6 Å². The summed E-state index contributed by atoms with van der Waals surface area (Å²) in [6.45, 7) is 8.05. The van der Waals surface area contributed by atoms with Gasteiger partial charge in [0.25, 0.3) is 5.91 Å². The molecule has 104 valence electrons. The molecule has 0 radical (unpaired) electrons. The fourth-order valence-electron chi connectivity index (χ4n) is 1.31. The normalized spacial score (nSPS) is 12.7. The van der Waals surface area contributed by atoms with Crippen molar-refractivity contribution in [1.29, 1.82) is 0 Å². The first-order valence-electron chi connectivity index (χ1n) is 6.50. The Kier molecular flexibility index (Phi) is 6.06. The molecule has 0 aromatic heterocycles. The molecular weight excluding hydrogens is 240 g/mol. The summed E-state index contributed by atoms with van der Waals surface area (Å²) in [4.78, 5) is 16.5. The van der Waals surface area contributed by atoms with Gasteiger partial charge in [0.2, 0.25) is 0 Å². The monoisotopic (exact) mass is 262 g/mol. The van der Waals surface area contributed by atoms with Crippen molar-refractivity contribution in [3.8, 4) is 0 Å². The van der Waals surface area contributed by atoms with E-state index in [1.807, 2.05) is 38.1 Å². The highest BCUT2D eigenvalue weighted by Crippen LogP contribution is 2.01. The zero-order valence-electron chi connectivity index (χ0n) is 12.0. The summed E-state index contributed by atoms with van der Waals surface area (Å²) in [5.74, 6) is 0.252. The molecule has 19 heavy (non-hydrogen) atoms. The number of hydrogen-bond donors (Lipinski definition) is 1. The van der Waals surface area contributed by atoms with Gasteiger partial charge >= 0.3 is 0 Å². The van der Waals surface area contributed by atoms with Crippen molar-refractivity contribution >= 4 is 12.1 Å². The summed E-state index contributed by atoms with van der Waals surface area (Å²) >= 11 is 0. The number of aryl methyl sites for hydroxylation is 1. The van der Waals surface area contributed by atoms with Crippen LogP contribution in [0.15, 0.2) is 29.4 Å². The van der Waals surface area contributed by atoms with Crippen molar-refractivity contribution in [2.24, 2.45) is 11.1 Å². The highest BCUT2D eigenvalue weighted by atomic mass is 16.6. The minimum absolute atomic E-state index is 0.0561. The zero-order valence-corrected chi connectivity index (χ0v) is 12.0. The summed E-state index contributed by atoms with van der Waals surface area (Å²) in [6, 6.07) is 8.03. The molecule has 0 saturated heterocycles. The van der Waals surface area contributed by atoms with Crippen LogP contribution in [0.2, 0.25) is 0 Å². The number of oxime groups is 1. The molecule has 1 rings (SSSR count). The van der Waals surface area contributed by atoms with Crippen LogP contribution in [0.3, 0.4) is 0 Å². The predicted octanol–water partition coefficient (Wildman–Crippen LogP) is 2.51. The van der Waals surface area contributed by atoms with Gasteiger partial charge in [0.15, 0.2) is 6.61 Å². The Hall–Kier alpha value is -1.84. The van der Waals surface area contributed by atoms with Gasteiger partial charge in [0.1, 0.15) is 0 Å². The highest BCUT2D eigenvalue weighted by Gasteiger charge is 2.10. The van der Waals surface area contributed by atoms with E-state index >= 15 is 0 Å². The number of carbonyl (C=O) groups excluding carboxylic acids is 1. The predicted molar refractivity (Wildman–Crippen MR) is 77.2 cm³/mol. The van der Waals surface area contributed by atoms with E-state index in [1.54, 1.807) is 6.21 Å². The van der Waals surface area contributed by atoms with Crippen molar-refractivity contribution in [2.75, 3.05) is 6.61 Å². The second kappa shape index (κ2) is 7.56. The smallest absolute Gasteiger partial charge is 0.260 e. The summed E-state index contributed by atoms with van der Waals surface area (Å²) < 4.78 is 0. The van der Waals surface area contributed by atoms with Gasteiger partial charge in [-0.25, -0.2) is 0 Å². The summed E-state index contributed by atoms with van der Waals surface area (Å²) in [5, 5.41) is 6.63. The van der Waals surface area contributed by atoms with Gasteiger partial charge < -0.3 is 10.2 Å². The highest BCUT2D eigenvalue weighted by molar-refractivity contribution is 5.79. The molecule has 4 heteroatoms. The Labute approximate surface area is 114 Å². The topological polar surface area (TPSA) is 50.7 Å². The van der Waals surface area contributed by atoms with E-state index in [0.29, 0.717) is 5.92 Å². The van der Waals surface area contributed by atoms with Crippen LogP contribution in [0.25, 0.3) is 0 Å². The molecule has 1 N–H and O–H groups in total. The van der Waals surface area contributed by atoms with E-state index in [0.717, 1.165) is 5.56 Å². The van der Waals surface area contributed by atoms with Crippen LogP contribution in [-0.4, -0.2) is 24.8 Å². The third-order valence-corrected chi connectivity index (χ3v) is 2.94. The lowest BCUT2D eigenvalue weighted by Gasteiger charge is -2.16.